The van der Waals surface area contributed by atoms with Gasteiger partial charge in [0.1, 0.15) is 0 Å². The SMILES string of the molecule is CCOC(=O)c1ccc2[nH]c(CSCC(=O)Nc3cc(C)cc(C)c3)cc(=O)c2c1. The number of nitrogens with one attached hydrogen (secondary N) is 2. The van der Waals surface area contributed by atoms with Crippen LogP contribution in [-0.2, 0) is 15.3 Å². The highest BCUT2D eigenvalue weighted by atomic mass is 32.2. The zero-order chi connectivity index (χ0) is 21.7. The van der Waals surface area contributed by atoms with Gasteiger partial charge in [0.25, 0.3) is 0 Å². The molecular formula is C23H24N2O4S. The molecule has 0 aliphatic rings. The van der Waals surface area contributed by atoms with Crippen LogP contribution in [0.1, 0.15) is 34.1 Å². The summed E-state index contributed by atoms with van der Waals surface area (Å²) in [6.07, 6.45) is 0. The summed E-state index contributed by atoms with van der Waals surface area (Å²) in [7, 11) is 0. The summed E-state index contributed by atoms with van der Waals surface area (Å²) in [4.78, 5) is 39.7. The Bertz CT molecular complexity index is 1130. The van der Waals surface area contributed by atoms with Crippen LogP contribution in [0.15, 0.2) is 47.3 Å². The third kappa shape index (κ3) is 5.51. The number of carbonyl (C=O) groups is 2. The molecular weight excluding hydrogens is 400 g/mol. The first-order chi connectivity index (χ1) is 14.4. The number of rotatable bonds is 7. The van der Waals surface area contributed by atoms with Crippen molar-refractivity contribution in [3.8, 4) is 0 Å². The van der Waals surface area contributed by atoms with E-state index in [4.69, 9.17) is 4.74 Å². The quantitative estimate of drug-likeness (QED) is 0.555. The number of carbonyl (C=O) groups excluding carboxylic acids is 2. The molecule has 3 rings (SSSR count). The lowest BCUT2D eigenvalue weighted by molar-refractivity contribution is -0.113. The molecule has 2 N–H and O–H groups in total. The topological polar surface area (TPSA) is 88.3 Å². The molecule has 0 unspecified atom stereocenters. The monoisotopic (exact) mass is 424 g/mol. The van der Waals surface area contributed by atoms with Crippen LogP contribution in [0.25, 0.3) is 10.9 Å². The van der Waals surface area contributed by atoms with Gasteiger partial charge in [0.05, 0.1) is 17.9 Å². The molecule has 0 spiro atoms. The third-order valence-corrected chi connectivity index (χ3v) is 5.37. The van der Waals surface area contributed by atoms with E-state index in [-0.39, 0.29) is 23.7 Å². The molecule has 0 radical (unpaired) electrons. The van der Waals surface area contributed by atoms with E-state index in [9.17, 15) is 14.4 Å². The standard InChI is InChI=1S/C23H24N2O4S/c1-4-29-23(28)16-5-6-20-19(10-16)21(26)11-18(24-20)12-30-13-22(27)25-17-8-14(2)7-15(3)9-17/h5-11H,4,12-13H2,1-3H3,(H,24,26)(H,25,27). The number of benzene rings is 2. The molecule has 1 aromatic heterocycles. The predicted octanol–water partition coefficient (Wildman–Crippen LogP) is 4.19. The lowest BCUT2D eigenvalue weighted by atomic mass is 10.1. The summed E-state index contributed by atoms with van der Waals surface area (Å²) in [5.74, 6) is 0.223. The number of fused-ring (bicyclic) bond motifs is 1. The molecule has 3 aromatic rings. The van der Waals surface area contributed by atoms with Crippen molar-refractivity contribution in [1.29, 1.82) is 0 Å². The van der Waals surface area contributed by atoms with E-state index in [2.05, 4.69) is 16.4 Å². The van der Waals surface area contributed by atoms with Crippen molar-refractivity contribution < 1.29 is 14.3 Å². The Morgan fingerprint density at radius 3 is 2.50 bits per heavy atom. The first-order valence-electron chi connectivity index (χ1n) is 9.64. The van der Waals surface area contributed by atoms with Crippen molar-refractivity contribution >= 4 is 40.2 Å². The molecule has 1 amide bonds. The highest BCUT2D eigenvalue weighted by molar-refractivity contribution is 7.99. The molecule has 0 aliphatic carbocycles. The second-order valence-corrected chi connectivity index (χ2v) is 8.04. The van der Waals surface area contributed by atoms with Crippen molar-refractivity contribution in [2.24, 2.45) is 0 Å². The van der Waals surface area contributed by atoms with Crippen molar-refractivity contribution in [3.63, 3.8) is 0 Å². The van der Waals surface area contributed by atoms with Crippen LogP contribution in [0.2, 0.25) is 0 Å². The first-order valence-corrected chi connectivity index (χ1v) is 10.8. The van der Waals surface area contributed by atoms with Gasteiger partial charge in [0.2, 0.25) is 5.91 Å². The Morgan fingerprint density at radius 1 is 1.07 bits per heavy atom. The molecule has 0 atom stereocenters. The summed E-state index contributed by atoms with van der Waals surface area (Å²) in [6.45, 7) is 5.99. The maximum Gasteiger partial charge on any atom is 0.338 e. The van der Waals surface area contributed by atoms with Crippen LogP contribution in [-0.4, -0.2) is 29.2 Å². The van der Waals surface area contributed by atoms with Gasteiger partial charge in [-0.15, -0.1) is 11.8 Å². The Labute approximate surface area is 179 Å². The fraction of sp³-hybridized carbons (Fsp3) is 0.261. The van der Waals surface area contributed by atoms with Crippen LogP contribution in [0.5, 0.6) is 0 Å². The Morgan fingerprint density at radius 2 is 1.80 bits per heavy atom. The molecule has 30 heavy (non-hydrogen) atoms. The summed E-state index contributed by atoms with van der Waals surface area (Å²) in [6, 6.07) is 12.3. The number of aromatic nitrogens is 1. The number of pyridine rings is 1. The largest absolute Gasteiger partial charge is 0.462 e. The van der Waals surface area contributed by atoms with Crippen molar-refractivity contribution in [3.05, 3.63) is 75.1 Å². The van der Waals surface area contributed by atoms with E-state index < -0.39 is 5.97 Å². The van der Waals surface area contributed by atoms with E-state index in [0.717, 1.165) is 22.5 Å². The highest BCUT2D eigenvalue weighted by Crippen LogP contribution is 2.17. The number of thioether (sulfide) groups is 1. The number of esters is 1. The van der Waals surface area contributed by atoms with Crippen LogP contribution < -0.4 is 10.7 Å². The van der Waals surface area contributed by atoms with Gasteiger partial charge in [-0.05, 0) is 62.2 Å². The molecule has 7 heteroatoms. The maximum atomic E-state index is 12.5. The zero-order valence-corrected chi connectivity index (χ0v) is 18.0. The maximum absolute atomic E-state index is 12.5. The highest BCUT2D eigenvalue weighted by Gasteiger charge is 2.10. The number of aromatic amines is 1. The Hall–Kier alpha value is -3.06. The van der Waals surface area contributed by atoms with E-state index in [1.807, 2.05) is 26.0 Å². The second kappa shape index (κ2) is 9.63. The number of amides is 1. The number of hydrogen-bond acceptors (Lipinski definition) is 5. The van der Waals surface area contributed by atoms with Gasteiger partial charge in [-0.3, -0.25) is 9.59 Å². The summed E-state index contributed by atoms with van der Waals surface area (Å²) < 4.78 is 4.98. The van der Waals surface area contributed by atoms with Gasteiger partial charge in [-0.2, -0.15) is 0 Å². The van der Waals surface area contributed by atoms with E-state index in [1.165, 1.54) is 17.8 Å². The molecule has 156 valence electrons. The molecule has 0 bridgehead atoms. The number of anilines is 1. The normalized spacial score (nSPS) is 10.8. The zero-order valence-electron chi connectivity index (χ0n) is 17.2. The molecule has 0 saturated carbocycles. The average molecular weight is 425 g/mol. The number of H-pyrrole nitrogens is 1. The minimum absolute atomic E-state index is 0.0905. The van der Waals surface area contributed by atoms with Crippen LogP contribution in [0.4, 0.5) is 5.69 Å². The van der Waals surface area contributed by atoms with Gasteiger partial charge in [-0.25, -0.2) is 4.79 Å². The molecule has 0 saturated heterocycles. The minimum Gasteiger partial charge on any atom is -0.462 e. The van der Waals surface area contributed by atoms with Crippen molar-refractivity contribution in [2.45, 2.75) is 26.5 Å². The molecule has 2 aromatic carbocycles. The molecule has 0 fully saturated rings. The molecule has 0 aliphatic heterocycles. The average Bonchev–Trinajstić information content (AvgIpc) is 2.67. The lowest BCUT2D eigenvalue weighted by Gasteiger charge is -2.08. The fourth-order valence-corrected chi connectivity index (χ4v) is 3.95. The Kier molecular flexibility index (Phi) is 6.95. The first kappa shape index (κ1) is 21.6. The Balaban J connectivity index is 1.63. The smallest absolute Gasteiger partial charge is 0.338 e. The van der Waals surface area contributed by atoms with Gasteiger partial charge < -0.3 is 15.0 Å². The second-order valence-electron chi connectivity index (χ2n) is 7.06. The van der Waals surface area contributed by atoms with Gasteiger partial charge in [0, 0.05) is 34.1 Å². The van der Waals surface area contributed by atoms with Crippen molar-refractivity contribution in [1.82, 2.24) is 4.98 Å². The van der Waals surface area contributed by atoms with Gasteiger partial charge in [0.15, 0.2) is 5.43 Å². The third-order valence-electron chi connectivity index (χ3n) is 4.39. The van der Waals surface area contributed by atoms with Gasteiger partial charge in [-0.1, -0.05) is 6.07 Å². The van der Waals surface area contributed by atoms with E-state index in [1.54, 1.807) is 25.1 Å². The summed E-state index contributed by atoms with van der Waals surface area (Å²) in [5.41, 5.74) is 4.52. The van der Waals surface area contributed by atoms with Crippen molar-refractivity contribution in [2.75, 3.05) is 17.7 Å². The predicted molar refractivity (Wildman–Crippen MR) is 121 cm³/mol. The summed E-state index contributed by atoms with van der Waals surface area (Å²) >= 11 is 1.42. The lowest BCUT2D eigenvalue weighted by Crippen LogP contribution is -2.14. The number of hydrogen-bond donors (Lipinski definition) is 2. The minimum atomic E-state index is -0.451. The van der Waals surface area contributed by atoms with Crippen LogP contribution in [0.3, 0.4) is 0 Å². The van der Waals surface area contributed by atoms with Crippen LogP contribution >= 0.6 is 11.8 Å². The fourth-order valence-electron chi connectivity index (χ4n) is 3.22. The molecule has 6 nitrogen and oxygen atoms in total. The number of aryl methyl sites for hydroxylation is 2. The van der Waals surface area contributed by atoms with Gasteiger partial charge >= 0.3 is 5.97 Å². The number of ether oxygens (including phenoxy) is 1. The molecule has 1 heterocycles. The van der Waals surface area contributed by atoms with E-state index >= 15 is 0 Å². The summed E-state index contributed by atoms with van der Waals surface area (Å²) in [5, 5.41) is 3.33. The van der Waals surface area contributed by atoms with Crippen LogP contribution in [0, 0.1) is 13.8 Å². The van der Waals surface area contributed by atoms with E-state index in [0.29, 0.717) is 22.2 Å².